The van der Waals surface area contributed by atoms with E-state index in [0.717, 1.165) is 29.7 Å². The van der Waals surface area contributed by atoms with Gasteiger partial charge in [0.05, 0.1) is 5.92 Å². The third-order valence-electron chi connectivity index (χ3n) is 6.16. The van der Waals surface area contributed by atoms with E-state index in [1.165, 1.54) is 16.6 Å². The van der Waals surface area contributed by atoms with Crippen molar-refractivity contribution in [2.45, 2.75) is 44.4 Å². The molecule has 2 saturated heterocycles. The van der Waals surface area contributed by atoms with E-state index in [1.807, 2.05) is 32.0 Å². The number of carbonyl (C=O) groups is 2. The number of hydrogen-bond acceptors (Lipinski definition) is 4. The normalized spacial score (nSPS) is 19.8. The predicted octanol–water partition coefficient (Wildman–Crippen LogP) is 2.91. The second kappa shape index (κ2) is 9.07. The zero-order valence-electron chi connectivity index (χ0n) is 18.6. The molecule has 0 unspecified atom stereocenters. The van der Waals surface area contributed by atoms with Crippen LogP contribution in [0.25, 0.3) is 0 Å². The lowest BCUT2D eigenvalue weighted by Gasteiger charge is -2.31. The zero-order valence-corrected chi connectivity index (χ0v) is 19.4. The lowest BCUT2D eigenvalue weighted by atomic mass is 9.98. The van der Waals surface area contributed by atoms with E-state index in [2.05, 4.69) is 10.3 Å². The average Bonchev–Trinajstić information content (AvgIpc) is 3.45. The van der Waals surface area contributed by atoms with Crippen molar-refractivity contribution in [2.75, 3.05) is 31.5 Å². The molecular formula is C23H30N4O4S. The van der Waals surface area contributed by atoms with Gasteiger partial charge in [-0.3, -0.25) is 9.59 Å². The van der Waals surface area contributed by atoms with Crippen LogP contribution in [0.2, 0.25) is 0 Å². The number of amides is 2. The van der Waals surface area contributed by atoms with Crippen molar-refractivity contribution in [3.8, 4) is 0 Å². The highest BCUT2D eigenvalue weighted by Crippen LogP contribution is 2.26. The molecule has 0 aliphatic carbocycles. The average molecular weight is 459 g/mol. The van der Waals surface area contributed by atoms with Gasteiger partial charge in [0.2, 0.25) is 15.9 Å². The molecule has 172 valence electrons. The standard InChI is InChI=1S/C23H30N4O4S/c1-16-10-17(2)12-19(11-16)25-22(28)18-6-5-9-27(15-18)32(30,31)20-13-21(24-14-20)23(29)26-7-3-4-8-26/h10-14,18,24H,3-9,15H2,1-2H3,(H,25,28)/t18-/m1/s1. The maximum absolute atomic E-state index is 13.2. The summed E-state index contributed by atoms with van der Waals surface area (Å²) in [6, 6.07) is 7.25. The number of aromatic nitrogens is 1. The number of H-pyrrole nitrogens is 1. The number of piperidine rings is 1. The van der Waals surface area contributed by atoms with Crippen LogP contribution < -0.4 is 5.32 Å². The van der Waals surface area contributed by atoms with Crippen LogP contribution in [0.1, 0.15) is 47.3 Å². The molecule has 2 fully saturated rings. The van der Waals surface area contributed by atoms with Crippen molar-refractivity contribution >= 4 is 27.5 Å². The van der Waals surface area contributed by atoms with E-state index >= 15 is 0 Å². The number of benzene rings is 1. The van der Waals surface area contributed by atoms with Crippen molar-refractivity contribution in [3.63, 3.8) is 0 Å². The first-order chi connectivity index (χ1) is 15.2. The molecule has 2 N–H and O–H groups in total. The number of aromatic amines is 1. The number of likely N-dealkylation sites (tertiary alicyclic amines) is 1. The first kappa shape index (κ1) is 22.5. The number of anilines is 1. The summed E-state index contributed by atoms with van der Waals surface area (Å²) < 4.78 is 27.8. The number of aryl methyl sites for hydroxylation is 2. The topological polar surface area (TPSA) is 103 Å². The highest BCUT2D eigenvalue weighted by Gasteiger charge is 2.34. The van der Waals surface area contributed by atoms with Crippen LogP contribution >= 0.6 is 0 Å². The Morgan fingerprint density at radius 2 is 1.69 bits per heavy atom. The van der Waals surface area contributed by atoms with Crippen LogP contribution in [0, 0.1) is 19.8 Å². The fourth-order valence-corrected chi connectivity index (χ4v) is 6.07. The number of nitrogens with zero attached hydrogens (tertiary/aromatic N) is 2. The van der Waals surface area contributed by atoms with E-state index in [0.29, 0.717) is 32.5 Å². The highest BCUT2D eigenvalue weighted by molar-refractivity contribution is 7.89. The highest BCUT2D eigenvalue weighted by atomic mass is 32.2. The van der Waals surface area contributed by atoms with Crippen LogP contribution in [0.4, 0.5) is 5.69 Å². The number of hydrogen-bond donors (Lipinski definition) is 2. The SMILES string of the molecule is Cc1cc(C)cc(NC(=O)[C@@H]2CCCN(S(=O)(=O)c3c[nH]c(C(=O)N4CCCC4)c3)C2)c1. The number of nitrogens with one attached hydrogen (secondary N) is 2. The maximum Gasteiger partial charge on any atom is 0.270 e. The quantitative estimate of drug-likeness (QED) is 0.719. The number of sulfonamides is 1. The summed E-state index contributed by atoms with van der Waals surface area (Å²) in [5.74, 6) is -0.772. The Labute approximate surface area is 189 Å². The molecule has 3 heterocycles. The van der Waals surface area contributed by atoms with Gasteiger partial charge in [0, 0.05) is 38.1 Å². The second-order valence-corrected chi connectivity index (χ2v) is 10.8. The molecule has 0 saturated carbocycles. The van der Waals surface area contributed by atoms with Crippen molar-refractivity contribution < 1.29 is 18.0 Å². The van der Waals surface area contributed by atoms with Gasteiger partial charge in [-0.25, -0.2) is 8.42 Å². The third-order valence-corrected chi connectivity index (χ3v) is 8.01. The van der Waals surface area contributed by atoms with Gasteiger partial charge in [0.25, 0.3) is 5.91 Å². The van der Waals surface area contributed by atoms with Gasteiger partial charge in [-0.1, -0.05) is 6.07 Å². The van der Waals surface area contributed by atoms with Crippen molar-refractivity contribution in [1.29, 1.82) is 0 Å². The Morgan fingerprint density at radius 1 is 1.00 bits per heavy atom. The third kappa shape index (κ3) is 4.73. The molecule has 2 amide bonds. The second-order valence-electron chi connectivity index (χ2n) is 8.82. The molecule has 1 aromatic carbocycles. The molecule has 0 bridgehead atoms. The van der Waals surface area contributed by atoms with Gasteiger partial charge >= 0.3 is 0 Å². The molecule has 2 aromatic rings. The van der Waals surface area contributed by atoms with Crippen LogP contribution in [-0.2, 0) is 14.8 Å². The zero-order chi connectivity index (χ0) is 22.9. The fraction of sp³-hybridized carbons (Fsp3) is 0.478. The molecule has 8 nitrogen and oxygen atoms in total. The first-order valence-corrected chi connectivity index (χ1v) is 12.5. The van der Waals surface area contributed by atoms with Gasteiger partial charge in [0.1, 0.15) is 10.6 Å². The van der Waals surface area contributed by atoms with Gasteiger partial charge in [0.15, 0.2) is 0 Å². The first-order valence-electron chi connectivity index (χ1n) is 11.1. The predicted molar refractivity (Wildman–Crippen MR) is 122 cm³/mol. The van der Waals surface area contributed by atoms with Gasteiger partial charge in [-0.2, -0.15) is 4.31 Å². The minimum Gasteiger partial charge on any atom is -0.356 e. The largest absolute Gasteiger partial charge is 0.356 e. The van der Waals surface area contributed by atoms with Crippen LogP contribution in [0.5, 0.6) is 0 Å². The summed E-state index contributed by atoms with van der Waals surface area (Å²) in [4.78, 5) is 30.0. The van der Waals surface area contributed by atoms with Crippen LogP contribution in [0.15, 0.2) is 35.4 Å². The van der Waals surface area contributed by atoms with E-state index in [9.17, 15) is 18.0 Å². The summed E-state index contributed by atoms with van der Waals surface area (Å²) in [5, 5.41) is 2.94. The lowest BCUT2D eigenvalue weighted by molar-refractivity contribution is -0.120. The van der Waals surface area contributed by atoms with Crippen molar-refractivity contribution in [1.82, 2.24) is 14.2 Å². The minimum absolute atomic E-state index is 0.0652. The summed E-state index contributed by atoms with van der Waals surface area (Å²) in [7, 11) is -3.80. The Morgan fingerprint density at radius 3 is 2.38 bits per heavy atom. The smallest absolute Gasteiger partial charge is 0.270 e. The molecule has 1 aromatic heterocycles. The van der Waals surface area contributed by atoms with Gasteiger partial charge in [-0.15, -0.1) is 0 Å². The number of carbonyl (C=O) groups excluding carboxylic acids is 2. The molecule has 32 heavy (non-hydrogen) atoms. The summed E-state index contributed by atoms with van der Waals surface area (Å²) in [5.41, 5.74) is 3.12. The summed E-state index contributed by atoms with van der Waals surface area (Å²) in [6.07, 6.45) is 4.55. The van der Waals surface area contributed by atoms with Crippen molar-refractivity contribution in [2.24, 2.45) is 5.92 Å². The summed E-state index contributed by atoms with van der Waals surface area (Å²) >= 11 is 0. The molecule has 0 spiro atoms. The van der Waals surface area contributed by atoms with Gasteiger partial charge in [-0.05, 0) is 68.9 Å². The molecular weight excluding hydrogens is 428 g/mol. The van der Waals surface area contributed by atoms with E-state index < -0.39 is 15.9 Å². The van der Waals surface area contributed by atoms with Crippen LogP contribution in [-0.4, -0.2) is 60.6 Å². The lowest BCUT2D eigenvalue weighted by Crippen LogP contribution is -2.43. The monoisotopic (exact) mass is 458 g/mol. The minimum atomic E-state index is -3.80. The Balaban J connectivity index is 1.45. The van der Waals surface area contributed by atoms with E-state index in [1.54, 1.807) is 4.90 Å². The fourth-order valence-electron chi connectivity index (χ4n) is 4.55. The van der Waals surface area contributed by atoms with E-state index in [4.69, 9.17) is 0 Å². The summed E-state index contributed by atoms with van der Waals surface area (Å²) in [6.45, 7) is 5.82. The van der Waals surface area contributed by atoms with E-state index in [-0.39, 0.29) is 28.9 Å². The molecule has 9 heteroatoms. The Kier molecular flexibility index (Phi) is 6.39. The Bertz CT molecular complexity index is 1100. The van der Waals surface area contributed by atoms with Gasteiger partial charge < -0.3 is 15.2 Å². The molecule has 2 aliphatic heterocycles. The molecule has 2 aliphatic rings. The Hall–Kier alpha value is -2.65. The number of rotatable bonds is 5. The maximum atomic E-state index is 13.2. The molecule has 0 radical (unpaired) electrons. The van der Waals surface area contributed by atoms with Crippen LogP contribution in [0.3, 0.4) is 0 Å². The molecule has 1 atom stereocenters. The van der Waals surface area contributed by atoms with Crippen molar-refractivity contribution in [3.05, 3.63) is 47.3 Å². The molecule has 4 rings (SSSR count).